The SMILES string of the molecule is CC/C=C\CCCC(CCC/C=C\CC)OC(=O)CCCCCC(=O)OCC(CO)COC(=O)CCCCCC(=O)OC(CCC/C=C\CC)CCC/C=C\CC. The zero-order chi connectivity index (χ0) is 42.0. The molecule has 0 aromatic heterocycles. The summed E-state index contributed by atoms with van der Waals surface area (Å²) in [4.78, 5) is 49.7. The molecule has 0 fully saturated rings. The van der Waals surface area contributed by atoms with Gasteiger partial charge in [-0.05, 0) is 128 Å². The van der Waals surface area contributed by atoms with Crippen molar-refractivity contribution in [2.45, 2.75) is 207 Å². The number of carbonyl (C=O) groups is 4. The summed E-state index contributed by atoms with van der Waals surface area (Å²) in [6.07, 6.45) is 37.9. The van der Waals surface area contributed by atoms with Crippen LogP contribution in [0.25, 0.3) is 0 Å². The number of ether oxygens (including phenoxy) is 4. The fraction of sp³-hybridized carbons (Fsp3) is 0.750. The molecule has 0 aliphatic heterocycles. The van der Waals surface area contributed by atoms with Crippen molar-refractivity contribution >= 4 is 23.9 Å². The van der Waals surface area contributed by atoms with Crippen LogP contribution in [-0.4, -0.2) is 61.0 Å². The topological polar surface area (TPSA) is 125 Å². The molecular weight excluding hydrogens is 721 g/mol. The minimum Gasteiger partial charge on any atom is -0.465 e. The summed E-state index contributed by atoms with van der Waals surface area (Å²) < 4.78 is 22.3. The maximum atomic E-state index is 12.6. The summed E-state index contributed by atoms with van der Waals surface area (Å²) in [7, 11) is 0. The highest BCUT2D eigenvalue weighted by Gasteiger charge is 2.17. The molecule has 0 radical (unpaired) electrons. The molecule has 0 aliphatic carbocycles. The fourth-order valence-corrected chi connectivity index (χ4v) is 6.16. The number of hydrogen-bond acceptors (Lipinski definition) is 9. The lowest BCUT2D eigenvalue weighted by atomic mass is 10.0. The smallest absolute Gasteiger partial charge is 0.306 e. The maximum absolute atomic E-state index is 12.6. The van der Waals surface area contributed by atoms with Crippen LogP contribution in [-0.2, 0) is 38.1 Å². The Morgan fingerprint density at radius 2 is 0.719 bits per heavy atom. The van der Waals surface area contributed by atoms with E-state index in [2.05, 4.69) is 76.3 Å². The summed E-state index contributed by atoms with van der Waals surface area (Å²) in [5.41, 5.74) is 0. The van der Waals surface area contributed by atoms with Crippen LogP contribution in [0.2, 0.25) is 0 Å². The summed E-state index contributed by atoms with van der Waals surface area (Å²) in [5.74, 6) is -1.62. The van der Waals surface area contributed by atoms with Gasteiger partial charge in [0, 0.05) is 25.7 Å². The van der Waals surface area contributed by atoms with E-state index >= 15 is 0 Å². The molecule has 0 atom stereocenters. The number of rotatable bonds is 39. The molecule has 0 rings (SSSR count). The molecule has 0 heterocycles. The van der Waals surface area contributed by atoms with Crippen LogP contribution in [0.4, 0.5) is 0 Å². The first-order valence-corrected chi connectivity index (χ1v) is 22.7. The van der Waals surface area contributed by atoms with Crippen LogP contribution < -0.4 is 0 Å². The molecule has 1 N–H and O–H groups in total. The van der Waals surface area contributed by atoms with Gasteiger partial charge in [-0.3, -0.25) is 19.2 Å². The van der Waals surface area contributed by atoms with Crippen molar-refractivity contribution < 1.29 is 43.2 Å². The zero-order valence-electron chi connectivity index (χ0n) is 36.6. The Kier molecular flexibility index (Phi) is 38.7. The highest BCUT2D eigenvalue weighted by Crippen LogP contribution is 2.18. The number of unbranched alkanes of at least 4 members (excludes halogenated alkanes) is 8. The normalized spacial score (nSPS) is 12.0. The molecule has 0 amide bonds. The average Bonchev–Trinajstić information content (AvgIpc) is 3.19. The largest absolute Gasteiger partial charge is 0.465 e. The van der Waals surface area contributed by atoms with E-state index < -0.39 is 5.92 Å². The summed E-state index contributed by atoms with van der Waals surface area (Å²) in [6.45, 7) is 8.14. The van der Waals surface area contributed by atoms with Gasteiger partial charge in [0.05, 0.1) is 25.7 Å². The Bertz CT molecular complexity index is 985. The lowest BCUT2D eigenvalue weighted by molar-refractivity contribution is -0.151. The Balaban J connectivity index is 4.26. The Hall–Kier alpha value is -3.20. The highest BCUT2D eigenvalue weighted by molar-refractivity contribution is 5.70. The third-order valence-corrected chi connectivity index (χ3v) is 9.54. The summed E-state index contributed by atoms with van der Waals surface area (Å²) in [5, 5.41) is 9.72. The second-order valence-corrected chi connectivity index (χ2v) is 15.0. The lowest BCUT2D eigenvalue weighted by Gasteiger charge is -2.17. The van der Waals surface area contributed by atoms with Crippen LogP contribution in [0, 0.1) is 5.92 Å². The van der Waals surface area contributed by atoms with Gasteiger partial charge in [0.15, 0.2) is 0 Å². The van der Waals surface area contributed by atoms with Crippen LogP contribution in [0.15, 0.2) is 48.6 Å². The molecule has 0 aromatic rings. The predicted octanol–water partition coefficient (Wildman–Crippen LogP) is 12.0. The lowest BCUT2D eigenvalue weighted by Crippen LogP contribution is -2.23. The molecule has 9 heteroatoms. The quantitative estimate of drug-likeness (QED) is 0.0280. The van der Waals surface area contributed by atoms with E-state index in [0.717, 1.165) is 103 Å². The number of carbonyl (C=O) groups excluding carboxylic acids is 4. The zero-order valence-corrected chi connectivity index (χ0v) is 36.6. The monoisotopic (exact) mass is 803 g/mol. The maximum Gasteiger partial charge on any atom is 0.306 e. The number of aliphatic hydroxyl groups is 1. The van der Waals surface area contributed by atoms with Crippen molar-refractivity contribution in [1.29, 1.82) is 0 Å². The van der Waals surface area contributed by atoms with E-state index in [-0.39, 0.29) is 68.7 Å². The van der Waals surface area contributed by atoms with Crippen molar-refractivity contribution in [3.63, 3.8) is 0 Å². The van der Waals surface area contributed by atoms with E-state index in [0.29, 0.717) is 51.4 Å². The Morgan fingerprint density at radius 3 is 1.00 bits per heavy atom. The van der Waals surface area contributed by atoms with E-state index in [1.165, 1.54) is 0 Å². The van der Waals surface area contributed by atoms with Crippen molar-refractivity contribution in [2.75, 3.05) is 19.8 Å². The summed E-state index contributed by atoms with van der Waals surface area (Å²) in [6, 6.07) is 0. The van der Waals surface area contributed by atoms with Gasteiger partial charge in [-0.1, -0.05) is 89.1 Å². The van der Waals surface area contributed by atoms with Gasteiger partial charge in [0.2, 0.25) is 0 Å². The van der Waals surface area contributed by atoms with Gasteiger partial charge in [0.1, 0.15) is 12.2 Å². The van der Waals surface area contributed by atoms with Crippen molar-refractivity contribution in [3.05, 3.63) is 48.6 Å². The molecule has 9 nitrogen and oxygen atoms in total. The first kappa shape index (κ1) is 53.8. The van der Waals surface area contributed by atoms with Crippen molar-refractivity contribution in [2.24, 2.45) is 5.92 Å². The van der Waals surface area contributed by atoms with Crippen molar-refractivity contribution in [3.8, 4) is 0 Å². The molecule has 0 spiro atoms. The van der Waals surface area contributed by atoms with Gasteiger partial charge in [0.25, 0.3) is 0 Å². The molecule has 0 saturated heterocycles. The van der Waals surface area contributed by atoms with E-state index in [9.17, 15) is 24.3 Å². The summed E-state index contributed by atoms with van der Waals surface area (Å²) >= 11 is 0. The second kappa shape index (κ2) is 41.0. The van der Waals surface area contributed by atoms with Gasteiger partial charge < -0.3 is 24.1 Å². The first-order chi connectivity index (χ1) is 27.8. The van der Waals surface area contributed by atoms with E-state index in [4.69, 9.17) is 18.9 Å². The third-order valence-electron chi connectivity index (χ3n) is 9.54. The van der Waals surface area contributed by atoms with Gasteiger partial charge in [-0.15, -0.1) is 0 Å². The van der Waals surface area contributed by atoms with Crippen LogP contribution in [0.1, 0.15) is 195 Å². The van der Waals surface area contributed by atoms with Crippen LogP contribution in [0.5, 0.6) is 0 Å². The molecule has 0 saturated carbocycles. The van der Waals surface area contributed by atoms with Gasteiger partial charge in [-0.25, -0.2) is 0 Å². The van der Waals surface area contributed by atoms with Gasteiger partial charge in [-0.2, -0.15) is 0 Å². The van der Waals surface area contributed by atoms with Crippen LogP contribution in [0.3, 0.4) is 0 Å². The Morgan fingerprint density at radius 1 is 0.421 bits per heavy atom. The number of aliphatic hydroxyl groups excluding tert-OH is 1. The average molecular weight is 803 g/mol. The first-order valence-electron chi connectivity index (χ1n) is 22.7. The minimum atomic E-state index is -0.501. The fourth-order valence-electron chi connectivity index (χ4n) is 6.16. The third kappa shape index (κ3) is 36.9. The van der Waals surface area contributed by atoms with Crippen molar-refractivity contribution in [1.82, 2.24) is 0 Å². The predicted molar refractivity (Wildman–Crippen MR) is 232 cm³/mol. The highest BCUT2D eigenvalue weighted by atomic mass is 16.6. The van der Waals surface area contributed by atoms with Crippen LogP contribution >= 0.6 is 0 Å². The molecule has 0 unspecified atom stereocenters. The Labute approximate surface area is 347 Å². The number of esters is 4. The molecule has 0 aliphatic rings. The molecular formula is C48H82O9. The van der Waals surface area contributed by atoms with E-state index in [1.54, 1.807) is 0 Å². The molecule has 328 valence electrons. The molecule has 0 bridgehead atoms. The number of hydrogen-bond donors (Lipinski definition) is 1. The number of allylic oxidation sites excluding steroid dienone is 8. The molecule has 57 heavy (non-hydrogen) atoms. The minimum absolute atomic E-state index is 0.0349. The van der Waals surface area contributed by atoms with E-state index in [1.807, 2.05) is 0 Å². The standard InChI is InChI=1S/C48H82O9/c1-5-9-13-17-23-31-43(32-24-18-14-10-6-2)56-47(52)37-29-21-27-35-45(50)54-40-42(39-49)41-55-46(51)36-28-22-30-38-48(53)57-44(33-25-19-15-11-7-3)34-26-20-16-12-8-4/h9-16,42-44,49H,5-8,17-41H2,1-4H3/b13-9-,14-10-,15-11-,16-12-. The van der Waals surface area contributed by atoms with Gasteiger partial charge >= 0.3 is 23.9 Å². The molecule has 0 aromatic carbocycles. The second-order valence-electron chi connectivity index (χ2n) is 15.0.